The summed E-state index contributed by atoms with van der Waals surface area (Å²) in [6.07, 6.45) is 0. The van der Waals surface area contributed by atoms with Gasteiger partial charge >= 0.3 is 0 Å². The van der Waals surface area contributed by atoms with Gasteiger partial charge in [0, 0.05) is 7.05 Å². The van der Waals surface area contributed by atoms with Crippen LogP contribution in [-0.2, 0) is 4.79 Å². The summed E-state index contributed by atoms with van der Waals surface area (Å²) in [7, 11) is 1.66. The second-order valence-corrected chi connectivity index (χ2v) is 6.20. The third-order valence-electron chi connectivity index (χ3n) is 3.98. The zero-order valence-electron chi connectivity index (χ0n) is 13.6. The highest BCUT2D eigenvalue weighted by molar-refractivity contribution is 6.34. The normalized spacial score (nSPS) is 13.3. The van der Waals surface area contributed by atoms with E-state index >= 15 is 0 Å². The quantitative estimate of drug-likeness (QED) is 0.906. The number of ether oxygens (including phenoxy) is 1. The fourth-order valence-electron chi connectivity index (χ4n) is 2.74. The molecule has 0 fully saturated rings. The first-order chi connectivity index (χ1) is 11.4. The Bertz CT molecular complexity index is 825. The average molecular weight is 345 g/mol. The molecule has 124 valence electrons. The molecule has 0 atom stereocenters. The van der Waals surface area contributed by atoms with Gasteiger partial charge in [-0.05, 0) is 43.2 Å². The Labute approximate surface area is 145 Å². The summed E-state index contributed by atoms with van der Waals surface area (Å²) < 4.78 is 5.49. The molecule has 0 radical (unpaired) electrons. The number of halogens is 1. The van der Waals surface area contributed by atoms with Crippen molar-refractivity contribution in [3.05, 3.63) is 52.0 Å². The number of carbonyl (C=O) groups excluding carboxylic acids is 2. The highest BCUT2D eigenvalue weighted by Crippen LogP contribution is 2.35. The molecule has 2 aromatic carbocycles. The molecule has 0 spiro atoms. The summed E-state index contributed by atoms with van der Waals surface area (Å²) in [6, 6.07) is 8.87. The van der Waals surface area contributed by atoms with E-state index in [0.29, 0.717) is 27.7 Å². The zero-order chi connectivity index (χ0) is 17.4. The molecule has 0 bridgehead atoms. The van der Waals surface area contributed by atoms with Crippen molar-refractivity contribution in [1.29, 1.82) is 0 Å². The van der Waals surface area contributed by atoms with Crippen LogP contribution in [0.5, 0.6) is 5.75 Å². The monoisotopic (exact) mass is 344 g/mol. The SMILES string of the molecule is Cc1cc(C)c(NC(=O)c2cccc3c2OCC(=O)N3C)c(Cl)c1. The van der Waals surface area contributed by atoms with Crippen molar-refractivity contribution < 1.29 is 14.3 Å². The van der Waals surface area contributed by atoms with Crippen molar-refractivity contribution in [2.45, 2.75) is 13.8 Å². The lowest BCUT2D eigenvalue weighted by molar-refractivity contribution is -0.121. The van der Waals surface area contributed by atoms with Crippen LogP contribution in [0.15, 0.2) is 30.3 Å². The number of likely N-dealkylation sites (N-methyl/N-ethyl adjacent to an activating group) is 1. The number of hydrogen-bond acceptors (Lipinski definition) is 3. The van der Waals surface area contributed by atoms with Crippen molar-refractivity contribution in [2.75, 3.05) is 23.9 Å². The molecule has 0 saturated carbocycles. The molecule has 6 heteroatoms. The predicted octanol–water partition coefficient (Wildman–Crippen LogP) is 3.56. The Morgan fingerprint density at radius 1 is 1.29 bits per heavy atom. The number of nitrogens with one attached hydrogen (secondary N) is 1. The first-order valence-corrected chi connectivity index (χ1v) is 7.86. The van der Waals surface area contributed by atoms with E-state index in [9.17, 15) is 9.59 Å². The van der Waals surface area contributed by atoms with Gasteiger partial charge in [0.25, 0.3) is 11.8 Å². The molecular formula is C18H17ClN2O3. The third-order valence-corrected chi connectivity index (χ3v) is 4.28. The van der Waals surface area contributed by atoms with Gasteiger partial charge in [-0.1, -0.05) is 23.7 Å². The lowest BCUT2D eigenvalue weighted by atomic mass is 10.1. The van der Waals surface area contributed by atoms with Crippen molar-refractivity contribution >= 4 is 34.8 Å². The summed E-state index contributed by atoms with van der Waals surface area (Å²) in [4.78, 5) is 25.9. The Kier molecular flexibility index (Phi) is 4.20. The second-order valence-electron chi connectivity index (χ2n) is 5.79. The lowest BCUT2D eigenvalue weighted by Crippen LogP contribution is -2.36. The third kappa shape index (κ3) is 2.83. The Morgan fingerprint density at radius 3 is 2.75 bits per heavy atom. The highest BCUT2D eigenvalue weighted by atomic mass is 35.5. The number of amides is 2. The maximum absolute atomic E-state index is 12.7. The minimum Gasteiger partial charge on any atom is -0.481 e. The van der Waals surface area contributed by atoms with Crippen molar-refractivity contribution in [3.63, 3.8) is 0 Å². The lowest BCUT2D eigenvalue weighted by Gasteiger charge is -2.27. The fraction of sp³-hybridized carbons (Fsp3) is 0.222. The van der Waals surface area contributed by atoms with E-state index < -0.39 is 0 Å². The number of aryl methyl sites for hydroxylation is 2. The smallest absolute Gasteiger partial charge is 0.264 e. The van der Waals surface area contributed by atoms with E-state index in [-0.39, 0.29) is 18.4 Å². The molecule has 1 N–H and O–H groups in total. The van der Waals surface area contributed by atoms with Crippen LogP contribution < -0.4 is 15.0 Å². The maximum Gasteiger partial charge on any atom is 0.264 e. The predicted molar refractivity (Wildman–Crippen MR) is 94.2 cm³/mol. The van der Waals surface area contributed by atoms with Crippen molar-refractivity contribution in [1.82, 2.24) is 0 Å². The number of benzene rings is 2. The summed E-state index contributed by atoms with van der Waals surface area (Å²) in [6.45, 7) is 3.74. The van der Waals surface area contributed by atoms with Crippen molar-refractivity contribution in [2.24, 2.45) is 0 Å². The molecule has 24 heavy (non-hydrogen) atoms. The van der Waals surface area contributed by atoms with Gasteiger partial charge in [-0.25, -0.2) is 0 Å². The van der Waals surface area contributed by atoms with Gasteiger partial charge < -0.3 is 15.0 Å². The standard InChI is InChI=1S/C18H17ClN2O3/c1-10-7-11(2)16(13(19)8-10)20-18(23)12-5-4-6-14-17(12)24-9-15(22)21(14)3/h4-8H,9H2,1-3H3,(H,20,23). The van der Waals surface area contributed by atoms with Gasteiger partial charge in [0.2, 0.25) is 0 Å². The number of anilines is 2. The van der Waals surface area contributed by atoms with Crippen LogP contribution in [0.4, 0.5) is 11.4 Å². The number of hydrogen-bond donors (Lipinski definition) is 1. The van der Waals surface area contributed by atoms with Crippen molar-refractivity contribution in [3.8, 4) is 5.75 Å². The number of carbonyl (C=O) groups is 2. The molecule has 5 nitrogen and oxygen atoms in total. The van der Waals surface area contributed by atoms with E-state index in [1.54, 1.807) is 31.3 Å². The van der Waals surface area contributed by atoms with Crippen LogP contribution in [0.3, 0.4) is 0 Å². The molecule has 1 aliphatic rings. The molecule has 0 aliphatic carbocycles. The second kappa shape index (κ2) is 6.17. The van der Waals surface area contributed by atoms with Crippen LogP contribution in [0.2, 0.25) is 5.02 Å². The van der Waals surface area contributed by atoms with Crippen LogP contribution in [0.1, 0.15) is 21.5 Å². The molecule has 2 amide bonds. The molecule has 0 saturated heterocycles. The largest absolute Gasteiger partial charge is 0.481 e. The minimum absolute atomic E-state index is 0.0852. The topological polar surface area (TPSA) is 58.6 Å². The molecule has 3 rings (SSSR count). The molecule has 1 heterocycles. The van der Waals surface area contributed by atoms with Gasteiger partial charge in [-0.3, -0.25) is 9.59 Å². The molecular weight excluding hydrogens is 328 g/mol. The minimum atomic E-state index is -0.330. The number of nitrogens with zero attached hydrogens (tertiary/aromatic N) is 1. The van der Waals surface area contributed by atoms with Crippen LogP contribution in [0, 0.1) is 13.8 Å². The van der Waals surface area contributed by atoms with Gasteiger partial charge in [0.15, 0.2) is 12.4 Å². The van der Waals surface area contributed by atoms with Gasteiger partial charge in [0.05, 0.1) is 22.0 Å². The molecule has 1 aliphatic heterocycles. The number of fused-ring (bicyclic) bond motifs is 1. The van der Waals surface area contributed by atoms with Crippen LogP contribution >= 0.6 is 11.6 Å². The van der Waals surface area contributed by atoms with E-state index in [0.717, 1.165) is 11.1 Å². The average Bonchev–Trinajstić information content (AvgIpc) is 2.53. The van der Waals surface area contributed by atoms with Gasteiger partial charge in [-0.15, -0.1) is 0 Å². The summed E-state index contributed by atoms with van der Waals surface area (Å²) in [5.74, 6) is -0.0843. The van der Waals surface area contributed by atoms with Crippen LogP contribution in [-0.4, -0.2) is 25.5 Å². The van der Waals surface area contributed by atoms with Crippen LogP contribution in [0.25, 0.3) is 0 Å². The summed E-state index contributed by atoms with van der Waals surface area (Å²) in [5.41, 5.74) is 3.42. The van der Waals surface area contributed by atoms with E-state index in [1.807, 2.05) is 19.9 Å². The number of rotatable bonds is 2. The molecule has 2 aromatic rings. The Morgan fingerprint density at radius 2 is 2.04 bits per heavy atom. The van der Waals surface area contributed by atoms with E-state index in [2.05, 4.69) is 5.32 Å². The number of para-hydroxylation sites is 1. The Balaban J connectivity index is 1.97. The first kappa shape index (κ1) is 16.3. The van der Waals surface area contributed by atoms with E-state index in [4.69, 9.17) is 16.3 Å². The van der Waals surface area contributed by atoms with Gasteiger partial charge in [0.1, 0.15) is 0 Å². The Hall–Kier alpha value is -2.53. The highest BCUT2D eigenvalue weighted by Gasteiger charge is 2.27. The summed E-state index contributed by atoms with van der Waals surface area (Å²) in [5, 5.41) is 3.33. The fourth-order valence-corrected chi connectivity index (χ4v) is 3.11. The maximum atomic E-state index is 12.7. The molecule has 0 unspecified atom stereocenters. The van der Waals surface area contributed by atoms with Gasteiger partial charge in [-0.2, -0.15) is 0 Å². The van der Waals surface area contributed by atoms with E-state index in [1.165, 1.54) is 4.90 Å². The first-order valence-electron chi connectivity index (χ1n) is 7.49. The zero-order valence-corrected chi connectivity index (χ0v) is 14.4. The molecule has 0 aromatic heterocycles. The summed E-state index contributed by atoms with van der Waals surface area (Å²) >= 11 is 6.25.